The first-order valence-electron chi connectivity index (χ1n) is 11.3. The van der Waals surface area contributed by atoms with Crippen molar-refractivity contribution in [3.63, 3.8) is 0 Å². The molecule has 0 bridgehead atoms. The van der Waals surface area contributed by atoms with Gasteiger partial charge in [-0.25, -0.2) is 9.50 Å². The zero-order valence-corrected chi connectivity index (χ0v) is 18.3. The number of hydrogen-bond acceptors (Lipinski definition) is 6. The lowest BCUT2D eigenvalue weighted by Gasteiger charge is -2.20. The predicted octanol–water partition coefficient (Wildman–Crippen LogP) is 4.16. The van der Waals surface area contributed by atoms with Crippen LogP contribution in [0.25, 0.3) is 38.7 Å². The van der Waals surface area contributed by atoms with Gasteiger partial charge in [0.25, 0.3) is 0 Å². The molecule has 2 N–H and O–H groups in total. The topological polar surface area (TPSA) is 95.2 Å². The van der Waals surface area contributed by atoms with E-state index in [1.54, 1.807) is 10.7 Å². The summed E-state index contributed by atoms with van der Waals surface area (Å²) >= 11 is 0. The first-order valence-corrected chi connectivity index (χ1v) is 11.3. The van der Waals surface area contributed by atoms with Gasteiger partial charge in [0, 0.05) is 59.3 Å². The van der Waals surface area contributed by atoms with Crippen LogP contribution in [-0.2, 0) is 19.4 Å². The standard InChI is InChI=1S/C26H21N7O/c34-32-10-7-24-20(15-32)19-14-18(4-6-23(19)28-24)22-8-11-33-26(29-22)25(30-31-33)13-16-3-5-21-17(12-16)2-1-9-27-21/h1-6,8-9,11-12,14,28,34H,7,10,13,15H2. The second kappa shape index (κ2) is 7.44. The van der Waals surface area contributed by atoms with Crippen LogP contribution in [0, 0.1) is 0 Å². The molecule has 2 aromatic carbocycles. The summed E-state index contributed by atoms with van der Waals surface area (Å²) in [5, 5.41) is 22.3. The average Bonchev–Trinajstić information content (AvgIpc) is 3.44. The highest BCUT2D eigenvalue weighted by molar-refractivity contribution is 5.89. The van der Waals surface area contributed by atoms with Gasteiger partial charge in [0.2, 0.25) is 0 Å². The van der Waals surface area contributed by atoms with Crippen molar-refractivity contribution in [2.75, 3.05) is 6.54 Å². The van der Waals surface area contributed by atoms with Gasteiger partial charge < -0.3 is 10.2 Å². The Morgan fingerprint density at radius 1 is 1.06 bits per heavy atom. The smallest absolute Gasteiger partial charge is 0.179 e. The molecule has 0 fully saturated rings. The molecule has 0 atom stereocenters. The predicted molar refractivity (Wildman–Crippen MR) is 129 cm³/mol. The van der Waals surface area contributed by atoms with Crippen molar-refractivity contribution in [1.29, 1.82) is 0 Å². The Morgan fingerprint density at radius 2 is 2.03 bits per heavy atom. The van der Waals surface area contributed by atoms with Crippen LogP contribution >= 0.6 is 0 Å². The molecule has 0 spiro atoms. The van der Waals surface area contributed by atoms with Gasteiger partial charge in [-0.05, 0) is 47.5 Å². The van der Waals surface area contributed by atoms with E-state index in [-0.39, 0.29) is 0 Å². The first-order chi connectivity index (χ1) is 16.7. The van der Waals surface area contributed by atoms with Gasteiger partial charge in [0.1, 0.15) is 5.69 Å². The maximum atomic E-state index is 10.0. The highest BCUT2D eigenvalue weighted by Gasteiger charge is 2.20. The molecule has 7 rings (SSSR count). The van der Waals surface area contributed by atoms with E-state index in [0.29, 0.717) is 19.5 Å². The molecule has 0 saturated heterocycles. The zero-order valence-electron chi connectivity index (χ0n) is 18.3. The quantitative estimate of drug-likeness (QED) is 0.423. The third-order valence-electron chi connectivity index (χ3n) is 6.63. The van der Waals surface area contributed by atoms with Crippen LogP contribution in [-0.4, -0.2) is 46.6 Å². The van der Waals surface area contributed by atoms with Crippen LogP contribution in [0.15, 0.2) is 67.0 Å². The molecule has 0 radical (unpaired) electrons. The van der Waals surface area contributed by atoms with Crippen molar-refractivity contribution in [1.82, 2.24) is 34.8 Å². The molecule has 0 aliphatic carbocycles. The van der Waals surface area contributed by atoms with Crippen LogP contribution in [0.4, 0.5) is 0 Å². The van der Waals surface area contributed by atoms with E-state index in [2.05, 4.69) is 56.7 Å². The van der Waals surface area contributed by atoms with Crippen molar-refractivity contribution in [3.8, 4) is 11.3 Å². The Kier molecular flexibility index (Phi) is 4.23. The third kappa shape index (κ3) is 3.15. The van der Waals surface area contributed by atoms with Crippen LogP contribution in [0.1, 0.15) is 22.5 Å². The van der Waals surface area contributed by atoms with Gasteiger partial charge in [-0.1, -0.05) is 23.4 Å². The summed E-state index contributed by atoms with van der Waals surface area (Å²) in [6.45, 7) is 1.18. The average molecular weight is 448 g/mol. The SMILES string of the molecule is ON1CCc2[nH]c3ccc(-c4ccn5nnc(Cc6ccc7ncccc7c6)c5n4)cc3c2C1. The van der Waals surface area contributed by atoms with Gasteiger partial charge in [-0.2, -0.15) is 5.06 Å². The summed E-state index contributed by atoms with van der Waals surface area (Å²) in [4.78, 5) is 12.8. The number of pyridine rings is 1. The second-order valence-electron chi connectivity index (χ2n) is 8.80. The Morgan fingerprint density at radius 3 is 3.00 bits per heavy atom. The highest BCUT2D eigenvalue weighted by Crippen LogP contribution is 2.31. The van der Waals surface area contributed by atoms with E-state index in [9.17, 15) is 5.21 Å². The molecule has 8 heteroatoms. The van der Waals surface area contributed by atoms with E-state index < -0.39 is 0 Å². The number of hydroxylamine groups is 2. The normalized spacial score (nSPS) is 14.3. The van der Waals surface area contributed by atoms with Crippen molar-refractivity contribution >= 4 is 27.5 Å². The largest absolute Gasteiger partial charge is 0.358 e. The second-order valence-corrected chi connectivity index (χ2v) is 8.80. The molecule has 8 nitrogen and oxygen atoms in total. The van der Waals surface area contributed by atoms with Gasteiger partial charge in [-0.15, -0.1) is 5.10 Å². The molecule has 5 heterocycles. The molecule has 1 aliphatic rings. The summed E-state index contributed by atoms with van der Waals surface area (Å²) in [5.74, 6) is 0. The molecule has 4 aromatic heterocycles. The highest BCUT2D eigenvalue weighted by atomic mass is 16.5. The van der Waals surface area contributed by atoms with Crippen LogP contribution in [0.3, 0.4) is 0 Å². The Hall–Kier alpha value is -4.14. The number of H-pyrrole nitrogens is 1. The van der Waals surface area contributed by atoms with E-state index in [1.807, 2.05) is 24.4 Å². The molecule has 1 aliphatic heterocycles. The van der Waals surface area contributed by atoms with Crippen molar-refractivity contribution < 1.29 is 5.21 Å². The van der Waals surface area contributed by atoms with Crippen LogP contribution in [0.5, 0.6) is 0 Å². The van der Waals surface area contributed by atoms with Gasteiger partial charge in [0.05, 0.1) is 17.8 Å². The molecule has 0 saturated carbocycles. The summed E-state index contributed by atoms with van der Waals surface area (Å²) in [7, 11) is 0. The van der Waals surface area contributed by atoms with Crippen molar-refractivity contribution in [3.05, 3.63) is 89.5 Å². The Balaban J connectivity index is 1.28. The van der Waals surface area contributed by atoms with Gasteiger partial charge >= 0.3 is 0 Å². The monoisotopic (exact) mass is 447 g/mol. The third-order valence-corrected chi connectivity index (χ3v) is 6.63. The molecule has 0 unspecified atom stereocenters. The number of aromatic nitrogens is 6. The zero-order chi connectivity index (χ0) is 22.6. The van der Waals surface area contributed by atoms with Gasteiger partial charge in [0.15, 0.2) is 5.65 Å². The lowest BCUT2D eigenvalue weighted by atomic mass is 10.0. The number of benzene rings is 2. The fraction of sp³-hybridized carbons (Fsp3) is 0.154. The van der Waals surface area contributed by atoms with E-state index in [4.69, 9.17) is 4.98 Å². The van der Waals surface area contributed by atoms with E-state index in [1.165, 1.54) is 10.8 Å². The van der Waals surface area contributed by atoms with E-state index >= 15 is 0 Å². The van der Waals surface area contributed by atoms with Crippen molar-refractivity contribution in [2.45, 2.75) is 19.4 Å². The lowest BCUT2D eigenvalue weighted by Crippen LogP contribution is -2.26. The molecule has 6 aromatic rings. The number of nitrogens with one attached hydrogen (secondary N) is 1. The summed E-state index contributed by atoms with van der Waals surface area (Å²) < 4.78 is 1.72. The Bertz CT molecular complexity index is 1700. The fourth-order valence-electron chi connectivity index (χ4n) is 4.89. The minimum absolute atomic E-state index is 0.531. The number of fused-ring (bicyclic) bond motifs is 5. The number of nitrogens with zero attached hydrogens (tertiary/aromatic N) is 6. The molecule has 0 amide bonds. The summed E-state index contributed by atoms with van der Waals surface area (Å²) in [5.41, 5.74) is 9.04. The minimum atomic E-state index is 0.531. The molecule has 166 valence electrons. The lowest BCUT2D eigenvalue weighted by molar-refractivity contribution is -0.103. The number of rotatable bonds is 3. The van der Waals surface area contributed by atoms with Crippen molar-refractivity contribution in [2.24, 2.45) is 0 Å². The Labute approximate surface area is 194 Å². The van der Waals surface area contributed by atoms with Crippen LogP contribution in [0.2, 0.25) is 0 Å². The molecular weight excluding hydrogens is 426 g/mol. The maximum absolute atomic E-state index is 10.0. The number of aromatic amines is 1. The number of hydrogen-bond donors (Lipinski definition) is 2. The fourth-order valence-corrected chi connectivity index (χ4v) is 4.89. The van der Waals surface area contributed by atoms with Gasteiger partial charge in [-0.3, -0.25) is 4.98 Å². The minimum Gasteiger partial charge on any atom is -0.358 e. The molecule has 34 heavy (non-hydrogen) atoms. The summed E-state index contributed by atoms with van der Waals surface area (Å²) in [6, 6.07) is 18.6. The first kappa shape index (κ1) is 19.3. The summed E-state index contributed by atoms with van der Waals surface area (Å²) in [6.07, 6.45) is 5.17. The maximum Gasteiger partial charge on any atom is 0.179 e. The van der Waals surface area contributed by atoms with E-state index in [0.717, 1.165) is 62.0 Å². The van der Waals surface area contributed by atoms with Crippen LogP contribution < -0.4 is 0 Å². The molecular formula is C26H21N7O.